The van der Waals surface area contributed by atoms with Crippen molar-refractivity contribution in [2.24, 2.45) is 0 Å². The van der Waals surface area contributed by atoms with E-state index < -0.39 is 0 Å². The van der Waals surface area contributed by atoms with E-state index in [0.29, 0.717) is 0 Å². The fraction of sp³-hybridized carbons (Fsp3) is 0.200. The number of hydrogen-bond acceptors (Lipinski definition) is 2. The number of benzene rings is 2. The van der Waals surface area contributed by atoms with E-state index in [1.165, 1.54) is 16.8 Å². The van der Waals surface area contributed by atoms with E-state index in [2.05, 4.69) is 66.1 Å². The Bertz CT molecular complexity index is 475. The average molecular weight is 226 g/mol. The molecule has 0 fully saturated rings. The number of aryl methyl sites for hydroxylation is 1. The molecule has 0 unspecified atom stereocenters. The second kappa shape index (κ2) is 5.39. The standard InChI is InChI=1S/C15H18N2/c1-12-4-3-5-15(10-12)17-11-13-6-8-14(16-2)9-7-13/h3-10,16-17H,11H2,1-2H3. The van der Waals surface area contributed by atoms with Crippen molar-refractivity contribution in [2.45, 2.75) is 13.5 Å². The third-order valence-corrected chi connectivity index (χ3v) is 2.76. The minimum atomic E-state index is 0.855. The fourth-order valence-corrected chi connectivity index (χ4v) is 1.75. The maximum atomic E-state index is 3.42. The van der Waals surface area contributed by atoms with Crippen LogP contribution in [0.15, 0.2) is 48.5 Å². The molecule has 0 heterocycles. The molecule has 2 heteroatoms. The van der Waals surface area contributed by atoms with Crippen LogP contribution in [0.25, 0.3) is 0 Å². The molecule has 0 bridgehead atoms. The van der Waals surface area contributed by atoms with Crippen molar-refractivity contribution in [3.05, 3.63) is 59.7 Å². The van der Waals surface area contributed by atoms with Crippen LogP contribution in [-0.2, 0) is 6.54 Å². The van der Waals surface area contributed by atoms with E-state index in [1.807, 2.05) is 7.05 Å². The molecule has 0 saturated carbocycles. The molecule has 88 valence electrons. The minimum absolute atomic E-state index is 0.855. The van der Waals surface area contributed by atoms with Gasteiger partial charge in [-0.05, 0) is 42.3 Å². The van der Waals surface area contributed by atoms with Gasteiger partial charge in [0, 0.05) is 25.0 Å². The predicted molar refractivity (Wildman–Crippen MR) is 74.5 cm³/mol. The maximum absolute atomic E-state index is 3.42. The zero-order valence-corrected chi connectivity index (χ0v) is 10.3. The Morgan fingerprint density at radius 1 is 0.941 bits per heavy atom. The Labute approximate surface area is 103 Å². The molecule has 0 saturated heterocycles. The van der Waals surface area contributed by atoms with Crippen LogP contribution in [0.5, 0.6) is 0 Å². The lowest BCUT2D eigenvalue weighted by molar-refractivity contribution is 1.15. The zero-order valence-electron chi connectivity index (χ0n) is 10.3. The Morgan fingerprint density at radius 2 is 1.71 bits per heavy atom. The van der Waals surface area contributed by atoms with Crippen LogP contribution < -0.4 is 10.6 Å². The summed E-state index contributed by atoms with van der Waals surface area (Å²) in [6, 6.07) is 16.9. The normalized spacial score (nSPS) is 10.0. The second-order valence-electron chi connectivity index (χ2n) is 4.17. The molecule has 0 radical (unpaired) electrons. The van der Waals surface area contributed by atoms with Gasteiger partial charge in [0.2, 0.25) is 0 Å². The first-order valence-corrected chi connectivity index (χ1v) is 5.85. The molecule has 17 heavy (non-hydrogen) atoms. The topological polar surface area (TPSA) is 24.1 Å². The number of anilines is 2. The van der Waals surface area contributed by atoms with Crippen molar-refractivity contribution < 1.29 is 0 Å². The van der Waals surface area contributed by atoms with Gasteiger partial charge in [-0.2, -0.15) is 0 Å². The van der Waals surface area contributed by atoms with Crippen molar-refractivity contribution in [3.63, 3.8) is 0 Å². The number of rotatable bonds is 4. The van der Waals surface area contributed by atoms with E-state index in [-0.39, 0.29) is 0 Å². The third kappa shape index (κ3) is 3.25. The molecule has 2 rings (SSSR count). The minimum Gasteiger partial charge on any atom is -0.388 e. The molecule has 0 spiro atoms. The van der Waals surface area contributed by atoms with Crippen LogP contribution in [0.1, 0.15) is 11.1 Å². The quantitative estimate of drug-likeness (QED) is 0.831. The summed E-state index contributed by atoms with van der Waals surface area (Å²) in [6.45, 7) is 2.96. The van der Waals surface area contributed by atoms with Gasteiger partial charge >= 0.3 is 0 Å². The summed E-state index contributed by atoms with van der Waals surface area (Å²) in [5, 5.41) is 6.53. The van der Waals surface area contributed by atoms with Crippen molar-refractivity contribution in [1.82, 2.24) is 0 Å². The summed E-state index contributed by atoms with van der Waals surface area (Å²) >= 11 is 0. The number of nitrogens with one attached hydrogen (secondary N) is 2. The molecule has 0 aromatic heterocycles. The first-order chi connectivity index (χ1) is 8.28. The summed E-state index contributed by atoms with van der Waals surface area (Å²) in [5.41, 5.74) is 4.87. The van der Waals surface area contributed by atoms with Crippen molar-refractivity contribution in [1.29, 1.82) is 0 Å². The van der Waals surface area contributed by atoms with Gasteiger partial charge in [0.25, 0.3) is 0 Å². The Kier molecular flexibility index (Phi) is 3.66. The summed E-state index contributed by atoms with van der Waals surface area (Å²) < 4.78 is 0. The van der Waals surface area contributed by atoms with Crippen LogP contribution >= 0.6 is 0 Å². The van der Waals surface area contributed by atoms with E-state index in [4.69, 9.17) is 0 Å². The highest BCUT2D eigenvalue weighted by molar-refractivity contribution is 5.47. The van der Waals surface area contributed by atoms with Gasteiger partial charge in [0.15, 0.2) is 0 Å². The average Bonchev–Trinajstić information content (AvgIpc) is 2.37. The van der Waals surface area contributed by atoms with Crippen LogP contribution in [0, 0.1) is 6.92 Å². The van der Waals surface area contributed by atoms with Gasteiger partial charge in [-0.25, -0.2) is 0 Å². The zero-order chi connectivity index (χ0) is 12.1. The van der Waals surface area contributed by atoms with Crippen LogP contribution in [0.2, 0.25) is 0 Å². The van der Waals surface area contributed by atoms with Crippen molar-refractivity contribution in [3.8, 4) is 0 Å². The molecule has 0 amide bonds. The first kappa shape index (κ1) is 11.5. The van der Waals surface area contributed by atoms with Crippen LogP contribution in [-0.4, -0.2) is 7.05 Å². The molecule has 0 aliphatic rings. The largest absolute Gasteiger partial charge is 0.388 e. The fourth-order valence-electron chi connectivity index (χ4n) is 1.75. The highest BCUT2D eigenvalue weighted by atomic mass is 14.9. The molecule has 2 aromatic carbocycles. The molecule has 0 aliphatic heterocycles. The third-order valence-electron chi connectivity index (χ3n) is 2.76. The van der Waals surface area contributed by atoms with E-state index in [9.17, 15) is 0 Å². The molecule has 0 aliphatic carbocycles. The maximum Gasteiger partial charge on any atom is 0.0400 e. The van der Waals surface area contributed by atoms with Gasteiger partial charge in [-0.3, -0.25) is 0 Å². The summed E-state index contributed by atoms with van der Waals surface area (Å²) in [6.07, 6.45) is 0. The highest BCUT2D eigenvalue weighted by Crippen LogP contribution is 2.13. The van der Waals surface area contributed by atoms with E-state index >= 15 is 0 Å². The summed E-state index contributed by atoms with van der Waals surface area (Å²) in [4.78, 5) is 0. The smallest absolute Gasteiger partial charge is 0.0400 e. The summed E-state index contributed by atoms with van der Waals surface area (Å²) in [5.74, 6) is 0. The van der Waals surface area contributed by atoms with Gasteiger partial charge in [-0.1, -0.05) is 24.3 Å². The molecule has 2 nitrogen and oxygen atoms in total. The molecule has 2 N–H and O–H groups in total. The lowest BCUT2D eigenvalue weighted by atomic mass is 10.2. The lowest BCUT2D eigenvalue weighted by Crippen LogP contribution is -1.99. The predicted octanol–water partition coefficient (Wildman–Crippen LogP) is 3.65. The second-order valence-corrected chi connectivity index (χ2v) is 4.17. The van der Waals surface area contributed by atoms with Gasteiger partial charge < -0.3 is 10.6 Å². The van der Waals surface area contributed by atoms with E-state index in [0.717, 1.165) is 12.2 Å². The number of hydrogen-bond donors (Lipinski definition) is 2. The Morgan fingerprint density at radius 3 is 2.35 bits per heavy atom. The lowest BCUT2D eigenvalue weighted by Gasteiger charge is -2.08. The SMILES string of the molecule is CNc1ccc(CNc2cccc(C)c2)cc1. The monoisotopic (exact) mass is 226 g/mol. The molecule has 0 atom stereocenters. The van der Waals surface area contributed by atoms with Crippen LogP contribution in [0.3, 0.4) is 0 Å². The van der Waals surface area contributed by atoms with Crippen molar-refractivity contribution in [2.75, 3.05) is 17.7 Å². The molecular weight excluding hydrogens is 208 g/mol. The highest BCUT2D eigenvalue weighted by Gasteiger charge is 1.95. The Balaban J connectivity index is 1.97. The van der Waals surface area contributed by atoms with Gasteiger partial charge in [0.1, 0.15) is 0 Å². The Hall–Kier alpha value is -1.96. The first-order valence-electron chi connectivity index (χ1n) is 5.85. The van der Waals surface area contributed by atoms with Crippen molar-refractivity contribution >= 4 is 11.4 Å². The van der Waals surface area contributed by atoms with Crippen LogP contribution in [0.4, 0.5) is 11.4 Å². The molecule has 2 aromatic rings. The van der Waals surface area contributed by atoms with Gasteiger partial charge in [0.05, 0.1) is 0 Å². The summed E-state index contributed by atoms with van der Waals surface area (Å²) in [7, 11) is 1.93. The molecular formula is C15H18N2. The van der Waals surface area contributed by atoms with Gasteiger partial charge in [-0.15, -0.1) is 0 Å². The van der Waals surface area contributed by atoms with E-state index in [1.54, 1.807) is 0 Å².